The molecule has 1 unspecified atom stereocenters. The monoisotopic (exact) mass is 487 g/mol. The van der Waals surface area contributed by atoms with Gasteiger partial charge in [-0.1, -0.05) is 48.2 Å². The largest absolute Gasteiger partial charge is 0.442 e. The maximum Gasteiger partial charge on any atom is 0.416 e. The molecule has 1 aliphatic rings. The number of aromatic nitrogens is 3. The molecule has 0 radical (unpaired) electrons. The number of nitrogens with one attached hydrogen (secondary N) is 1. The third kappa shape index (κ3) is 5.00. The van der Waals surface area contributed by atoms with E-state index in [0.717, 1.165) is 33.1 Å². The van der Waals surface area contributed by atoms with E-state index in [1.165, 1.54) is 17.4 Å². The van der Waals surface area contributed by atoms with Crippen LogP contribution in [0.2, 0.25) is 0 Å². The van der Waals surface area contributed by atoms with Crippen molar-refractivity contribution < 1.29 is 14.3 Å². The van der Waals surface area contributed by atoms with Crippen molar-refractivity contribution in [3.8, 4) is 11.1 Å². The maximum absolute atomic E-state index is 12.2. The number of fused-ring (bicyclic) bond motifs is 1. The number of aryl methyl sites for hydroxylation is 1. The summed E-state index contributed by atoms with van der Waals surface area (Å²) in [6.07, 6.45) is 0.915. The van der Waals surface area contributed by atoms with Gasteiger partial charge in [-0.25, -0.2) is 14.8 Å². The lowest BCUT2D eigenvalue weighted by atomic mass is 10.1. The Morgan fingerprint density at radius 2 is 1.89 bits per heavy atom. The number of anilines is 1. The molecule has 0 spiro atoms. The molecule has 1 fully saturated rings. The van der Waals surface area contributed by atoms with Gasteiger partial charge in [-0.15, -0.1) is 0 Å². The van der Waals surface area contributed by atoms with Gasteiger partial charge in [0.05, 0.1) is 24.1 Å². The highest BCUT2D eigenvalue weighted by molar-refractivity contribution is 7.98. The maximum atomic E-state index is 12.2. The summed E-state index contributed by atoms with van der Waals surface area (Å²) in [5.74, 6) is 1.20. The van der Waals surface area contributed by atoms with Crippen molar-refractivity contribution in [1.29, 1.82) is 0 Å². The molecule has 5 rings (SSSR count). The third-order valence-corrected chi connectivity index (χ3v) is 6.98. The normalized spacial score (nSPS) is 15.4. The van der Waals surface area contributed by atoms with Crippen molar-refractivity contribution in [2.75, 3.05) is 18.0 Å². The minimum atomic E-state index is -0.455. The van der Waals surface area contributed by atoms with Gasteiger partial charge in [0.2, 0.25) is 5.91 Å². The minimum Gasteiger partial charge on any atom is -0.442 e. The van der Waals surface area contributed by atoms with Crippen molar-refractivity contribution in [2.24, 2.45) is 7.05 Å². The van der Waals surface area contributed by atoms with Crippen molar-refractivity contribution in [3.63, 3.8) is 0 Å². The molecule has 8 nitrogen and oxygen atoms in total. The first-order valence-corrected chi connectivity index (χ1v) is 12.3. The molecule has 9 heteroatoms. The predicted octanol–water partition coefficient (Wildman–Crippen LogP) is 4.39. The number of pyridine rings is 1. The Hall–Kier alpha value is -3.85. The summed E-state index contributed by atoms with van der Waals surface area (Å²) < 4.78 is 7.44. The van der Waals surface area contributed by atoms with Crippen LogP contribution in [0.15, 0.2) is 72.0 Å². The molecule has 2 aromatic heterocycles. The molecule has 35 heavy (non-hydrogen) atoms. The van der Waals surface area contributed by atoms with Crippen LogP contribution in [0.3, 0.4) is 0 Å². The van der Waals surface area contributed by atoms with Crippen LogP contribution in [-0.4, -0.2) is 45.7 Å². The summed E-state index contributed by atoms with van der Waals surface area (Å²) in [6.45, 7) is 2.07. The number of carbonyl (C=O) groups is 2. The number of ether oxygens (including phenoxy) is 1. The molecule has 3 heterocycles. The van der Waals surface area contributed by atoms with Crippen molar-refractivity contribution in [1.82, 2.24) is 19.9 Å². The predicted molar refractivity (Wildman–Crippen MR) is 136 cm³/mol. The molecular formula is C26H25N5O3S. The molecule has 2 aromatic carbocycles. The molecule has 0 aliphatic carbocycles. The van der Waals surface area contributed by atoms with E-state index in [1.54, 1.807) is 18.0 Å². The topological polar surface area (TPSA) is 89.4 Å². The first kappa shape index (κ1) is 22.9. The number of imidazole rings is 1. The molecule has 1 atom stereocenters. The van der Waals surface area contributed by atoms with E-state index in [-0.39, 0.29) is 18.6 Å². The summed E-state index contributed by atoms with van der Waals surface area (Å²) >= 11 is 1.72. The Morgan fingerprint density at radius 3 is 2.60 bits per heavy atom. The highest BCUT2D eigenvalue weighted by Crippen LogP contribution is 2.28. The highest BCUT2D eigenvalue weighted by Gasteiger charge is 2.33. The fourth-order valence-corrected chi connectivity index (χ4v) is 4.93. The summed E-state index contributed by atoms with van der Waals surface area (Å²) in [5, 5.41) is 3.67. The Bertz CT molecular complexity index is 1370. The van der Waals surface area contributed by atoms with E-state index in [0.29, 0.717) is 12.4 Å². The lowest BCUT2D eigenvalue weighted by Crippen LogP contribution is -2.33. The fraction of sp³-hybridized carbons (Fsp3) is 0.231. The molecule has 4 aromatic rings. The van der Waals surface area contributed by atoms with Crippen LogP contribution in [0.4, 0.5) is 10.6 Å². The van der Waals surface area contributed by atoms with E-state index < -0.39 is 6.09 Å². The summed E-state index contributed by atoms with van der Waals surface area (Å²) in [7, 11) is 2.04. The Morgan fingerprint density at radius 1 is 1.11 bits per heavy atom. The van der Waals surface area contributed by atoms with Crippen molar-refractivity contribution in [3.05, 3.63) is 72.4 Å². The van der Waals surface area contributed by atoms with E-state index in [9.17, 15) is 9.59 Å². The van der Waals surface area contributed by atoms with Crippen LogP contribution in [-0.2, 0) is 22.3 Å². The van der Waals surface area contributed by atoms with Crippen LogP contribution in [0, 0.1) is 0 Å². The zero-order valence-electron chi connectivity index (χ0n) is 19.5. The Kier molecular flexibility index (Phi) is 6.41. The standard InChI is InChI=1S/C26H25N5O3S/c1-17(32)27-14-21-15-31(26(33)34-21)24-12-11-20(13-28-24)19-9-7-18(8-10-19)16-35-25-29-22-5-3-4-6-23(22)30(25)2/h3-13,21H,14-16H2,1-2H3,(H,27,32). The second-order valence-electron chi connectivity index (χ2n) is 8.39. The zero-order chi connectivity index (χ0) is 24.4. The van der Waals surface area contributed by atoms with Gasteiger partial charge in [-0.2, -0.15) is 0 Å². The van der Waals surface area contributed by atoms with Crippen LogP contribution >= 0.6 is 11.8 Å². The Balaban J connectivity index is 1.21. The third-order valence-electron chi connectivity index (χ3n) is 5.88. The molecule has 1 N–H and O–H groups in total. The van der Waals surface area contributed by atoms with Crippen LogP contribution in [0.1, 0.15) is 12.5 Å². The number of cyclic esters (lactones) is 1. The molecule has 1 aliphatic heterocycles. The average Bonchev–Trinajstić information content (AvgIpc) is 3.41. The van der Waals surface area contributed by atoms with E-state index in [1.807, 2.05) is 37.4 Å². The molecule has 2 amide bonds. The van der Waals surface area contributed by atoms with Crippen molar-refractivity contribution in [2.45, 2.75) is 23.9 Å². The number of nitrogens with zero attached hydrogens (tertiary/aromatic N) is 4. The smallest absolute Gasteiger partial charge is 0.416 e. The van der Waals surface area contributed by atoms with Crippen LogP contribution < -0.4 is 10.2 Å². The van der Waals surface area contributed by atoms with E-state index in [2.05, 4.69) is 45.2 Å². The van der Waals surface area contributed by atoms with Gasteiger partial charge in [0, 0.05) is 31.5 Å². The second-order valence-corrected chi connectivity index (χ2v) is 9.33. The average molecular weight is 488 g/mol. The molecule has 1 saturated heterocycles. The van der Waals surface area contributed by atoms with Crippen LogP contribution in [0.5, 0.6) is 0 Å². The molecular weight excluding hydrogens is 462 g/mol. The molecule has 0 saturated carbocycles. The fourth-order valence-electron chi connectivity index (χ4n) is 3.98. The molecule has 0 bridgehead atoms. The zero-order valence-corrected chi connectivity index (χ0v) is 20.3. The van der Waals surface area contributed by atoms with E-state index in [4.69, 9.17) is 9.72 Å². The number of hydrogen-bond acceptors (Lipinski definition) is 6. The minimum absolute atomic E-state index is 0.156. The number of carbonyl (C=O) groups excluding carboxylic acids is 2. The van der Waals surface area contributed by atoms with Gasteiger partial charge in [0.15, 0.2) is 5.16 Å². The quantitative estimate of drug-likeness (QED) is 0.389. The highest BCUT2D eigenvalue weighted by atomic mass is 32.2. The van der Waals surface area contributed by atoms with Crippen molar-refractivity contribution >= 4 is 40.6 Å². The van der Waals surface area contributed by atoms with Gasteiger partial charge >= 0.3 is 6.09 Å². The number of benzene rings is 2. The number of amides is 2. The summed E-state index contributed by atoms with van der Waals surface area (Å²) in [6, 6.07) is 20.3. The Labute approximate surface area is 207 Å². The van der Waals surface area contributed by atoms with E-state index >= 15 is 0 Å². The lowest BCUT2D eigenvalue weighted by molar-refractivity contribution is -0.119. The van der Waals surface area contributed by atoms with Gasteiger partial charge in [-0.3, -0.25) is 9.69 Å². The first-order chi connectivity index (χ1) is 17.0. The van der Waals surface area contributed by atoms with Gasteiger partial charge in [-0.05, 0) is 35.4 Å². The number of hydrogen-bond donors (Lipinski definition) is 1. The lowest BCUT2D eigenvalue weighted by Gasteiger charge is -2.12. The number of para-hydroxylation sites is 2. The van der Waals surface area contributed by atoms with Crippen LogP contribution in [0.25, 0.3) is 22.2 Å². The van der Waals surface area contributed by atoms with Gasteiger partial charge < -0.3 is 14.6 Å². The van der Waals surface area contributed by atoms with Gasteiger partial charge in [0.25, 0.3) is 0 Å². The van der Waals surface area contributed by atoms with Gasteiger partial charge in [0.1, 0.15) is 11.9 Å². The number of thioether (sulfide) groups is 1. The first-order valence-electron chi connectivity index (χ1n) is 11.3. The summed E-state index contributed by atoms with van der Waals surface area (Å²) in [4.78, 5) is 34.0. The second kappa shape index (κ2) is 9.79. The molecule has 178 valence electrons. The SMILES string of the molecule is CC(=O)NCC1CN(c2ccc(-c3ccc(CSc4nc5ccccc5n4C)cc3)cn2)C(=O)O1. The summed E-state index contributed by atoms with van der Waals surface area (Å²) in [5.41, 5.74) is 5.36. The number of rotatable bonds is 7.